The molecule has 2 aromatic rings. The molecule has 0 saturated heterocycles. The maximum atomic E-state index is 13.8. The summed E-state index contributed by atoms with van der Waals surface area (Å²) in [6.45, 7) is 1.70. The van der Waals surface area contributed by atoms with E-state index in [1.165, 1.54) is 6.07 Å². The van der Waals surface area contributed by atoms with Crippen LogP contribution >= 0.6 is 27.5 Å². The van der Waals surface area contributed by atoms with Crippen LogP contribution in [-0.4, -0.2) is 0 Å². The van der Waals surface area contributed by atoms with Gasteiger partial charge >= 0.3 is 0 Å². The third kappa shape index (κ3) is 3.26. The fourth-order valence-corrected chi connectivity index (χ4v) is 2.22. The van der Waals surface area contributed by atoms with Gasteiger partial charge in [0.1, 0.15) is 17.3 Å². The minimum Gasteiger partial charge on any atom is -0.455 e. The number of ether oxygens (including phenoxy) is 1. The SMILES string of the molecule is C[C@H](N)c1c(F)cccc1Oc1cc(Br)ccc1Cl. The zero-order chi connectivity index (χ0) is 14.0. The summed E-state index contributed by atoms with van der Waals surface area (Å²) in [7, 11) is 0. The molecule has 19 heavy (non-hydrogen) atoms. The molecule has 0 spiro atoms. The predicted octanol–water partition coefficient (Wildman–Crippen LogP) is 5.05. The largest absolute Gasteiger partial charge is 0.455 e. The van der Waals surface area contributed by atoms with Gasteiger partial charge in [-0.25, -0.2) is 4.39 Å². The van der Waals surface area contributed by atoms with Crippen LogP contribution in [-0.2, 0) is 0 Å². The maximum Gasteiger partial charge on any atom is 0.147 e. The van der Waals surface area contributed by atoms with Gasteiger partial charge in [0.15, 0.2) is 0 Å². The van der Waals surface area contributed by atoms with Crippen LogP contribution in [0.3, 0.4) is 0 Å². The summed E-state index contributed by atoms with van der Waals surface area (Å²) in [5, 5.41) is 0.447. The number of nitrogens with two attached hydrogens (primary N) is 1. The first kappa shape index (κ1) is 14.3. The number of hydrogen-bond donors (Lipinski definition) is 1. The van der Waals surface area contributed by atoms with Crippen LogP contribution in [0.5, 0.6) is 11.5 Å². The van der Waals surface area contributed by atoms with E-state index in [2.05, 4.69) is 15.9 Å². The first-order chi connectivity index (χ1) is 8.99. The van der Waals surface area contributed by atoms with Crippen molar-refractivity contribution in [2.24, 2.45) is 5.73 Å². The minimum atomic E-state index is -0.470. The molecule has 0 heterocycles. The van der Waals surface area contributed by atoms with Gasteiger partial charge in [0.05, 0.1) is 5.02 Å². The summed E-state index contributed by atoms with van der Waals surface area (Å²) < 4.78 is 20.3. The van der Waals surface area contributed by atoms with Gasteiger partial charge in [0.25, 0.3) is 0 Å². The highest BCUT2D eigenvalue weighted by Crippen LogP contribution is 2.35. The molecule has 2 aromatic carbocycles. The highest BCUT2D eigenvalue weighted by molar-refractivity contribution is 9.10. The molecule has 100 valence electrons. The van der Waals surface area contributed by atoms with Gasteiger partial charge in [-0.15, -0.1) is 0 Å². The lowest BCUT2D eigenvalue weighted by atomic mass is 10.1. The average Bonchev–Trinajstić information content (AvgIpc) is 2.33. The van der Waals surface area contributed by atoms with E-state index in [1.807, 2.05) is 0 Å². The third-order valence-electron chi connectivity index (χ3n) is 2.58. The molecule has 0 aliphatic heterocycles. The summed E-state index contributed by atoms with van der Waals surface area (Å²) >= 11 is 9.38. The van der Waals surface area contributed by atoms with Crippen molar-refractivity contribution in [2.75, 3.05) is 0 Å². The lowest BCUT2D eigenvalue weighted by Gasteiger charge is -2.15. The Labute approximate surface area is 124 Å². The van der Waals surface area contributed by atoms with Crippen molar-refractivity contribution in [2.45, 2.75) is 13.0 Å². The van der Waals surface area contributed by atoms with Gasteiger partial charge in [-0.1, -0.05) is 33.6 Å². The molecule has 0 saturated carbocycles. The number of halogens is 3. The second-order valence-electron chi connectivity index (χ2n) is 4.12. The summed E-state index contributed by atoms with van der Waals surface area (Å²) in [5.74, 6) is 0.428. The Morgan fingerprint density at radius 3 is 2.68 bits per heavy atom. The van der Waals surface area contributed by atoms with Gasteiger partial charge in [0.2, 0.25) is 0 Å². The Morgan fingerprint density at radius 2 is 2.00 bits per heavy atom. The van der Waals surface area contributed by atoms with Gasteiger partial charge in [-0.05, 0) is 37.3 Å². The van der Waals surface area contributed by atoms with Gasteiger partial charge in [0, 0.05) is 16.1 Å². The van der Waals surface area contributed by atoms with E-state index in [1.54, 1.807) is 37.3 Å². The van der Waals surface area contributed by atoms with Crippen molar-refractivity contribution in [3.05, 3.63) is 57.3 Å². The molecular weight excluding hydrogens is 333 g/mol. The Bertz CT molecular complexity index is 604. The van der Waals surface area contributed by atoms with Crippen molar-refractivity contribution in [1.29, 1.82) is 0 Å². The van der Waals surface area contributed by atoms with E-state index in [0.29, 0.717) is 22.1 Å². The van der Waals surface area contributed by atoms with Crippen molar-refractivity contribution in [3.63, 3.8) is 0 Å². The van der Waals surface area contributed by atoms with Crippen LogP contribution in [0.25, 0.3) is 0 Å². The Hall–Kier alpha value is -1.10. The third-order valence-corrected chi connectivity index (χ3v) is 3.39. The normalized spacial score (nSPS) is 12.3. The molecule has 0 unspecified atom stereocenters. The second-order valence-corrected chi connectivity index (χ2v) is 5.44. The molecule has 1 atom stereocenters. The van der Waals surface area contributed by atoms with Gasteiger partial charge in [-0.2, -0.15) is 0 Å². The van der Waals surface area contributed by atoms with Crippen LogP contribution in [0.1, 0.15) is 18.5 Å². The Morgan fingerprint density at radius 1 is 1.26 bits per heavy atom. The molecule has 0 amide bonds. The number of rotatable bonds is 3. The van der Waals surface area contributed by atoms with Gasteiger partial charge < -0.3 is 10.5 Å². The number of benzene rings is 2. The highest BCUT2D eigenvalue weighted by Gasteiger charge is 2.15. The summed E-state index contributed by atoms with van der Waals surface area (Å²) in [6.07, 6.45) is 0. The van der Waals surface area contributed by atoms with Crippen molar-refractivity contribution >= 4 is 27.5 Å². The number of hydrogen-bond acceptors (Lipinski definition) is 2. The Kier molecular flexibility index (Phi) is 4.45. The molecule has 2 N–H and O–H groups in total. The molecule has 5 heteroatoms. The molecule has 0 aliphatic carbocycles. The quantitative estimate of drug-likeness (QED) is 0.845. The van der Waals surface area contributed by atoms with E-state index in [0.717, 1.165) is 4.47 Å². The van der Waals surface area contributed by atoms with Crippen LogP contribution in [0.2, 0.25) is 5.02 Å². The van der Waals surface area contributed by atoms with E-state index >= 15 is 0 Å². The molecule has 2 nitrogen and oxygen atoms in total. The Balaban J connectivity index is 2.44. The van der Waals surface area contributed by atoms with Crippen molar-refractivity contribution < 1.29 is 9.13 Å². The average molecular weight is 345 g/mol. The lowest BCUT2D eigenvalue weighted by molar-refractivity contribution is 0.461. The minimum absolute atomic E-state index is 0.332. The maximum absolute atomic E-state index is 13.8. The fraction of sp³-hybridized carbons (Fsp3) is 0.143. The summed E-state index contributed by atoms with van der Waals surface area (Å²) in [5.41, 5.74) is 6.11. The first-order valence-electron chi connectivity index (χ1n) is 5.66. The molecule has 0 radical (unpaired) electrons. The van der Waals surface area contributed by atoms with E-state index in [9.17, 15) is 4.39 Å². The van der Waals surface area contributed by atoms with E-state index in [4.69, 9.17) is 22.1 Å². The highest BCUT2D eigenvalue weighted by atomic mass is 79.9. The van der Waals surface area contributed by atoms with Crippen LogP contribution < -0.4 is 10.5 Å². The fourth-order valence-electron chi connectivity index (χ4n) is 1.72. The van der Waals surface area contributed by atoms with Crippen LogP contribution in [0.15, 0.2) is 40.9 Å². The predicted molar refractivity (Wildman–Crippen MR) is 78.2 cm³/mol. The summed E-state index contributed by atoms with van der Waals surface area (Å²) in [4.78, 5) is 0. The first-order valence-corrected chi connectivity index (χ1v) is 6.83. The van der Waals surface area contributed by atoms with E-state index < -0.39 is 11.9 Å². The molecule has 0 fully saturated rings. The second kappa shape index (κ2) is 5.90. The molecule has 0 bridgehead atoms. The van der Waals surface area contributed by atoms with Gasteiger partial charge in [-0.3, -0.25) is 0 Å². The topological polar surface area (TPSA) is 35.2 Å². The zero-order valence-corrected chi connectivity index (χ0v) is 12.5. The van der Waals surface area contributed by atoms with Crippen LogP contribution in [0, 0.1) is 5.82 Å². The molecule has 2 rings (SSSR count). The van der Waals surface area contributed by atoms with E-state index in [-0.39, 0.29) is 0 Å². The van der Waals surface area contributed by atoms with Crippen molar-refractivity contribution in [1.82, 2.24) is 0 Å². The molecule has 0 aromatic heterocycles. The van der Waals surface area contributed by atoms with Crippen LogP contribution in [0.4, 0.5) is 4.39 Å². The summed E-state index contributed by atoms with van der Waals surface area (Å²) in [6, 6.07) is 9.34. The molecular formula is C14H12BrClFNO. The van der Waals surface area contributed by atoms with Crippen molar-refractivity contribution in [3.8, 4) is 11.5 Å². The standard InChI is InChI=1S/C14H12BrClFNO/c1-8(18)14-11(17)3-2-4-12(14)19-13-7-9(15)5-6-10(13)16/h2-8H,18H2,1H3/t8-/m0/s1. The zero-order valence-electron chi connectivity index (χ0n) is 10.2. The smallest absolute Gasteiger partial charge is 0.147 e. The lowest BCUT2D eigenvalue weighted by Crippen LogP contribution is -2.09. The monoisotopic (exact) mass is 343 g/mol. The molecule has 0 aliphatic rings.